The van der Waals surface area contributed by atoms with Crippen LogP contribution in [0.5, 0.6) is 0 Å². The number of hydrogen-bond donors (Lipinski definition) is 1. The second-order valence-electron chi connectivity index (χ2n) is 3.57. The number of thioether (sulfide) groups is 1. The van der Waals surface area contributed by atoms with Crippen LogP contribution >= 0.6 is 11.8 Å². The van der Waals surface area contributed by atoms with Gasteiger partial charge in [-0.1, -0.05) is 34.3 Å². The van der Waals surface area contributed by atoms with Gasteiger partial charge in [-0.3, -0.25) is 0 Å². The van der Waals surface area contributed by atoms with Crippen molar-refractivity contribution >= 4 is 11.8 Å². The topological polar surface area (TPSA) is 12.0 Å². The third-order valence-electron chi connectivity index (χ3n) is 1.43. The van der Waals surface area contributed by atoms with Crippen LogP contribution in [0.1, 0.15) is 27.7 Å². The van der Waals surface area contributed by atoms with Crippen LogP contribution in [-0.4, -0.2) is 12.4 Å². The number of nitrogens with one attached hydrogen (secondary N) is 1. The summed E-state index contributed by atoms with van der Waals surface area (Å²) in [6.45, 7) is 13.7. The highest BCUT2D eigenvalue weighted by Gasteiger charge is 2.14. The van der Waals surface area contributed by atoms with Gasteiger partial charge in [-0.15, -0.1) is 11.8 Å². The van der Waals surface area contributed by atoms with Gasteiger partial charge < -0.3 is 5.32 Å². The van der Waals surface area contributed by atoms with Crippen molar-refractivity contribution in [1.29, 1.82) is 0 Å². The molecule has 0 aliphatic heterocycles. The summed E-state index contributed by atoms with van der Waals surface area (Å²) >= 11 is 1.80. The first kappa shape index (κ1) is 11.1. The zero-order valence-corrected chi connectivity index (χ0v) is 8.85. The molecule has 1 nitrogen and oxygen atoms in total. The average Bonchev–Trinajstić information content (AvgIpc) is 1.86. The van der Waals surface area contributed by atoms with Crippen LogP contribution < -0.4 is 5.32 Å². The summed E-state index contributed by atoms with van der Waals surface area (Å²) in [5, 5.41) is 3.25. The minimum atomic E-state index is 0.236. The van der Waals surface area contributed by atoms with Gasteiger partial charge in [0.15, 0.2) is 0 Å². The molecule has 0 saturated heterocycles. The SMILES string of the molecule is C=C(SCNCC)C(C)(C)C. The summed E-state index contributed by atoms with van der Waals surface area (Å²) in [5.74, 6) is 0.979. The summed E-state index contributed by atoms with van der Waals surface area (Å²) in [6, 6.07) is 0. The van der Waals surface area contributed by atoms with Gasteiger partial charge in [0.05, 0.1) is 0 Å². The molecule has 0 heterocycles. The lowest BCUT2D eigenvalue weighted by Crippen LogP contribution is -2.14. The Hall–Kier alpha value is 0.0500. The first-order chi connectivity index (χ1) is 4.98. The lowest BCUT2D eigenvalue weighted by Gasteiger charge is -2.20. The van der Waals surface area contributed by atoms with E-state index in [-0.39, 0.29) is 5.41 Å². The maximum Gasteiger partial charge on any atom is 0.0462 e. The van der Waals surface area contributed by atoms with E-state index < -0.39 is 0 Å². The summed E-state index contributed by atoms with van der Waals surface area (Å²) in [5.41, 5.74) is 0.236. The van der Waals surface area contributed by atoms with Gasteiger partial charge >= 0.3 is 0 Å². The van der Waals surface area contributed by atoms with E-state index in [9.17, 15) is 0 Å². The lowest BCUT2D eigenvalue weighted by molar-refractivity contribution is 0.534. The highest BCUT2D eigenvalue weighted by atomic mass is 32.2. The fourth-order valence-electron chi connectivity index (χ4n) is 0.457. The van der Waals surface area contributed by atoms with E-state index >= 15 is 0 Å². The Balaban J connectivity index is 3.54. The Labute approximate surface area is 74.6 Å². The third-order valence-corrected chi connectivity index (χ3v) is 2.74. The molecule has 0 unspecified atom stereocenters. The van der Waals surface area contributed by atoms with Crippen molar-refractivity contribution in [2.24, 2.45) is 5.41 Å². The van der Waals surface area contributed by atoms with E-state index in [1.54, 1.807) is 11.8 Å². The Morgan fingerprint density at radius 2 is 2.00 bits per heavy atom. The van der Waals surface area contributed by atoms with E-state index in [2.05, 4.69) is 39.6 Å². The van der Waals surface area contributed by atoms with Crippen LogP contribution in [0.15, 0.2) is 11.5 Å². The Bertz CT molecular complexity index is 124. The van der Waals surface area contributed by atoms with Crippen molar-refractivity contribution in [3.05, 3.63) is 11.5 Å². The zero-order chi connectivity index (χ0) is 8.91. The second kappa shape index (κ2) is 4.83. The third kappa shape index (κ3) is 5.33. The molecule has 0 aromatic heterocycles. The first-order valence-corrected chi connectivity index (χ1v) is 5.00. The van der Waals surface area contributed by atoms with Crippen molar-refractivity contribution in [3.8, 4) is 0 Å². The van der Waals surface area contributed by atoms with Crippen LogP contribution in [0.2, 0.25) is 0 Å². The Morgan fingerprint density at radius 3 is 2.36 bits per heavy atom. The van der Waals surface area contributed by atoms with E-state index in [1.165, 1.54) is 4.91 Å². The van der Waals surface area contributed by atoms with Gasteiger partial charge in [0, 0.05) is 5.88 Å². The molecule has 1 N–H and O–H groups in total. The number of hydrogen-bond acceptors (Lipinski definition) is 2. The fourth-order valence-corrected chi connectivity index (χ4v) is 1.37. The molecule has 0 aliphatic carbocycles. The van der Waals surface area contributed by atoms with Gasteiger partial charge in [0.2, 0.25) is 0 Å². The smallest absolute Gasteiger partial charge is 0.0462 e. The molecule has 11 heavy (non-hydrogen) atoms. The summed E-state index contributed by atoms with van der Waals surface area (Å²) in [4.78, 5) is 1.25. The van der Waals surface area contributed by atoms with Gasteiger partial charge in [-0.2, -0.15) is 0 Å². The molecular formula is C9H19NS. The molecule has 0 fully saturated rings. The zero-order valence-electron chi connectivity index (χ0n) is 8.03. The fraction of sp³-hybridized carbons (Fsp3) is 0.778. The normalized spacial score (nSPS) is 11.6. The molecule has 0 radical (unpaired) electrons. The average molecular weight is 173 g/mol. The van der Waals surface area contributed by atoms with E-state index in [4.69, 9.17) is 0 Å². The maximum atomic E-state index is 4.02. The van der Waals surface area contributed by atoms with E-state index in [0.29, 0.717) is 0 Å². The highest BCUT2D eigenvalue weighted by Crippen LogP contribution is 2.31. The van der Waals surface area contributed by atoms with Crippen molar-refractivity contribution in [2.45, 2.75) is 27.7 Å². The van der Waals surface area contributed by atoms with E-state index in [1.807, 2.05) is 0 Å². The number of rotatable bonds is 4. The quantitative estimate of drug-likeness (QED) is 0.518. The highest BCUT2D eigenvalue weighted by molar-refractivity contribution is 8.03. The molecule has 2 heteroatoms. The molecule has 0 spiro atoms. The summed E-state index contributed by atoms with van der Waals surface area (Å²) < 4.78 is 0. The van der Waals surface area contributed by atoms with Crippen LogP contribution in [-0.2, 0) is 0 Å². The van der Waals surface area contributed by atoms with Gasteiger partial charge in [-0.25, -0.2) is 0 Å². The van der Waals surface area contributed by atoms with Crippen molar-refractivity contribution in [1.82, 2.24) is 5.32 Å². The first-order valence-electron chi connectivity index (χ1n) is 4.01. The monoisotopic (exact) mass is 173 g/mol. The molecule has 0 atom stereocenters. The van der Waals surface area contributed by atoms with Crippen molar-refractivity contribution in [2.75, 3.05) is 12.4 Å². The summed E-state index contributed by atoms with van der Waals surface area (Å²) in [7, 11) is 0. The minimum Gasteiger partial charge on any atom is -0.308 e. The molecule has 0 aromatic carbocycles. The predicted octanol–water partition coefficient (Wildman–Crippen LogP) is 2.85. The predicted molar refractivity (Wildman–Crippen MR) is 54.7 cm³/mol. The van der Waals surface area contributed by atoms with Crippen LogP contribution in [0, 0.1) is 5.41 Å². The lowest BCUT2D eigenvalue weighted by atomic mass is 9.97. The second-order valence-corrected chi connectivity index (χ2v) is 4.64. The largest absolute Gasteiger partial charge is 0.308 e. The number of allylic oxidation sites excluding steroid dienone is 1. The van der Waals surface area contributed by atoms with Gasteiger partial charge in [0.25, 0.3) is 0 Å². The Morgan fingerprint density at radius 1 is 1.45 bits per heavy atom. The van der Waals surface area contributed by atoms with Crippen molar-refractivity contribution in [3.63, 3.8) is 0 Å². The minimum absolute atomic E-state index is 0.236. The van der Waals surface area contributed by atoms with Crippen LogP contribution in [0.3, 0.4) is 0 Å². The van der Waals surface area contributed by atoms with Gasteiger partial charge in [-0.05, 0) is 16.9 Å². The Kier molecular flexibility index (Phi) is 4.86. The van der Waals surface area contributed by atoms with Gasteiger partial charge in [0.1, 0.15) is 0 Å². The molecular weight excluding hydrogens is 154 g/mol. The van der Waals surface area contributed by atoms with Crippen LogP contribution in [0.25, 0.3) is 0 Å². The molecule has 0 bridgehead atoms. The molecule has 0 rings (SSSR count). The molecule has 0 saturated carbocycles. The molecule has 66 valence electrons. The molecule has 0 amide bonds. The van der Waals surface area contributed by atoms with E-state index in [0.717, 1.165) is 12.4 Å². The summed E-state index contributed by atoms with van der Waals surface area (Å²) in [6.07, 6.45) is 0. The molecule has 0 aliphatic rings. The molecule has 0 aromatic rings. The van der Waals surface area contributed by atoms with Crippen LogP contribution in [0.4, 0.5) is 0 Å². The maximum absolute atomic E-state index is 4.02. The standard InChI is InChI=1S/C9H19NS/c1-6-10-7-11-8(2)9(3,4)5/h10H,2,6-7H2,1,3-5H3. The van der Waals surface area contributed by atoms with Crippen molar-refractivity contribution < 1.29 is 0 Å².